The number of carboxylic acid groups (broad SMARTS) is 1. The van der Waals surface area contributed by atoms with Crippen LogP contribution >= 0.6 is 0 Å². The summed E-state index contributed by atoms with van der Waals surface area (Å²) in [5.74, 6) is -1.83. The van der Waals surface area contributed by atoms with Gasteiger partial charge in [-0.25, -0.2) is 9.59 Å². The molecule has 0 saturated heterocycles. The fourth-order valence-electron chi connectivity index (χ4n) is 4.26. The van der Waals surface area contributed by atoms with Gasteiger partial charge in [0.15, 0.2) is 0 Å². The van der Waals surface area contributed by atoms with E-state index in [1.807, 2.05) is 48.5 Å². The third kappa shape index (κ3) is 6.59. The summed E-state index contributed by atoms with van der Waals surface area (Å²) in [6.07, 6.45) is 0.548. The first kappa shape index (κ1) is 25.7. The van der Waals surface area contributed by atoms with E-state index in [-0.39, 0.29) is 37.3 Å². The Balaban J connectivity index is 1.50. The molecule has 0 radical (unpaired) electrons. The lowest BCUT2D eigenvalue weighted by Gasteiger charge is -2.25. The van der Waals surface area contributed by atoms with E-state index in [1.54, 1.807) is 0 Å². The lowest BCUT2D eigenvalue weighted by atomic mass is 9.98. The van der Waals surface area contributed by atoms with Crippen molar-refractivity contribution in [2.45, 2.75) is 38.1 Å². The van der Waals surface area contributed by atoms with E-state index in [2.05, 4.69) is 10.6 Å². The molecule has 0 spiro atoms. The second-order valence-corrected chi connectivity index (χ2v) is 8.52. The summed E-state index contributed by atoms with van der Waals surface area (Å²) in [6.45, 7) is 1.69. The molecule has 0 saturated carbocycles. The number of amides is 3. The number of benzene rings is 2. The zero-order valence-corrected chi connectivity index (χ0v) is 20.0. The minimum absolute atomic E-state index is 0.0996. The highest BCUT2D eigenvalue weighted by molar-refractivity contribution is 5.83. The summed E-state index contributed by atoms with van der Waals surface area (Å²) in [5, 5.41) is 14.7. The van der Waals surface area contributed by atoms with Gasteiger partial charge in [-0.1, -0.05) is 48.5 Å². The van der Waals surface area contributed by atoms with Crippen molar-refractivity contribution in [1.82, 2.24) is 15.5 Å². The van der Waals surface area contributed by atoms with Gasteiger partial charge in [0.25, 0.3) is 0 Å². The van der Waals surface area contributed by atoms with E-state index < -0.39 is 18.1 Å². The maximum absolute atomic E-state index is 12.7. The van der Waals surface area contributed by atoms with Crippen LogP contribution in [0.3, 0.4) is 0 Å². The molecule has 1 unspecified atom stereocenters. The van der Waals surface area contributed by atoms with E-state index in [4.69, 9.17) is 4.74 Å². The molecule has 9 heteroatoms. The molecule has 3 amide bonds. The summed E-state index contributed by atoms with van der Waals surface area (Å²) in [6, 6.07) is 15.0. The predicted octanol–water partition coefficient (Wildman–Crippen LogP) is 2.74. The molecule has 0 bridgehead atoms. The Morgan fingerprint density at radius 1 is 0.971 bits per heavy atom. The van der Waals surface area contributed by atoms with Crippen LogP contribution in [0.2, 0.25) is 0 Å². The van der Waals surface area contributed by atoms with Crippen molar-refractivity contribution >= 4 is 23.9 Å². The third-order valence-corrected chi connectivity index (χ3v) is 6.10. The molecule has 1 aliphatic rings. The number of carbonyl (C=O) groups is 4. The van der Waals surface area contributed by atoms with Crippen LogP contribution in [0.5, 0.6) is 0 Å². The maximum atomic E-state index is 12.7. The van der Waals surface area contributed by atoms with Crippen molar-refractivity contribution < 1.29 is 29.0 Å². The SMILES string of the molecule is CC(=O)NCC(=O)NCCCCC(C(=O)O)N(C)C(=O)OCC1c2ccccc2-c2ccccc21. The summed E-state index contributed by atoms with van der Waals surface area (Å²) in [7, 11) is 1.42. The van der Waals surface area contributed by atoms with Gasteiger partial charge in [0.1, 0.15) is 12.6 Å². The number of hydrogen-bond acceptors (Lipinski definition) is 5. The molecule has 0 heterocycles. The molecule has 0 aromatic heterocycles. The summed E-state index contributed by atoms with van der Waals surface area (Å²) >= 11 is 0. The number of nitrogens with one attached hydrogen (secondary N) is 2. The smallest absolute Gasteiger partial charge is 0.410 e. The third-order valence-electron chi connectivity index (χ3n) is 6.10. The second kappa shape index (κ2) is 12.0. The van der Waals surface area contributed by atoms with E-state index in [0.717, 1.165) is 27.2 Å². The van der Waals surface area contributed by atoms with Gasteiger partial charge in [0.2, 0.25) is 11.8 Å². The lowest BCUT2D eigenvalue weighted by Crippen LogP contribution is -2.43. The molecule has 1 aliphatic carbocycles. The minimum Gasteiger partial charge on any atom is -0.480 e. The largest absolute Gasteiger partial charge is 0.480 e. The number of likely N-dealkylation sites (N-methyl/N-ethyl adjacent to an activating group) is 1. The number of unbranched alkanes of at least 4 members (excludes halogenated alkanes) is 1. The number of nitrogens with zero attached hydrogens (tertiary/aromatic N) is 1. The van der Waals surface area contributed by atoms with E-state index in [0.29, 0.717) is 19.4 Å². The first-order chi connectivity index (χ1) is 16.8. The Bertz CT molecular complexity index is 1040. The van der Waals surface area contributed by atoms with Gasteiger partial charge in [-0.15, -0.1) is 0 Å². The Morgan fingerprint density at radius 2 is 1.57 bits per heavy atom. The van der Waals surface area contributed by atoms with Gasteiger partial charge in [-0.3, -0.25) is 14.5 Å². The Morgan fingerprint density at radius 3 is 2.14 bits per heavy atom. The van der Waals surface area contributed by atoms with Crippen molar-refractivity contribution in [1.29, 1.82) is 0 Å². The van der Waals surface area contributed by atoms with Gasteiger partial charge in [0.05, 0.1) is 6.54 Å². The molecule has 3 rings (SSSR count). The summed E-state index contributed by atoms with van der Waals surface area (Å²) in [4.78, 5) is 48.1. The molecule has 35 heavy (non-hydrogen) atoms. The van der Waals surface area contributed by atoms with E-state index >= 15 is 0 Å². The summed E-state index contributed by atoms with van der Waals surface area (Å²) in [5.41, 5.74) is 4.40. The van der Waals surface area contributed by atoms with E-state index in [9.17, 15) is 24.3 Å². The van der Waals surface area contributed by atoms with Crippen LogP contribution in [0.15, 0.2) is 48.5 Å². The zero-order chi connectivity index (χ0) is 25.4. The molecule has 186 valence electrons. The maximum Gasteiger partial charge on any atom is 0.410 e. The average Bonchev–Trinajstić information content (AvgIpc) is 3.16. The number of carboxylic acids is 1. The van der Waals surface area contributed by atoms with Crippen molar-refractivity contribution in [3.05, 3.63) is 59.7 Å². The number of ether oxygens (including phenoxy) is 1. The van der Waals surface area contributed by atoms with Crippen LogP contribution in [0.1, 0.15) is 43.2 Å². The predicted molar refractivity (Wildman–Crippen MR) is 130 cm³/mol. The van der Waals surface area contributed by atoms with E-state index in [1.165, 1.54) is 14.0 Å². The molecule has 0 fully saturated rings. The van der Waals surface area contributed by atoms with Gasteiger partial charge in [-0.2, -0.15) is 0 Å². The van der Waals surface area contributed by atoms with Crippen LogP contribution in [0.4, 0.5) is 4.79 Å². The lowest BCUT2D eigenvalue weighted by molar-refractivity contribution is -0.142. The van der Waals surface area contributed by atoms with Crippen LogP contribution in [-0.4, -0.2) is 66.7 Å². The Hall–Kier alpha value is -3.88. The number of aliphatic carboxylic acids is 1. The molecule has 0 aliphatic heterocycles. The van der Waals surface area contributed by atoms with Gasteiger partial charge >= 0.3 is 12.1 Å². The van der Waals surface area contributed by atoms with Crippen molar-refractivity contribution in [2.24, 2.45) is 0 Å². The van der Waals surface area contributed by atoms with Gasteiger partial charge < -0.3 is 20.5 Å². The fourth-order valence-corrected chi connectivity index (χ4v) is 4.26. The zero-order valence-electron chi connectivity index (χ0n) is 20.0. The second-order valence-electron chi connectivity index (χ2n) is 8.52. The van der Waals surface area contributed by atoms with Crippen molar-refractivity contribution in [2.75, 3.05) is 26.7 Å². The topological polar surface area (TPSA) is 125 Å². The highest BCUT2D eigenvalue weighted by Crippen LogP contribution is 2.44. The minimum atomic E-state index is -1.12. The fraction of sp³-hybridized carbons (Fsp3) is 0.385. The molecule has 2 aromatic carbocycles. The van der Waals surface area contributed by atoms with Crippen LogP contribution < -0.4 is 10.6 Å². The summed E-state index contributed by atoms with van der Waals surface area (Å²) < 4.78 is 5.57. The van der Waals surface area contributed by atoms with Gasteiger partial charge in [-0.05, 0) is 41.5 Å². The molecular formula is C26H31N3O6. The van der Waals surface area contributed by atoms with Crippen molar-refractivity contribution in [3.63, 3.8) is 0 Å². The number of hydrogen-bond donors (Lipinski definition) is 3. The molecule has 2 aromatic rings. The highest BCUT2D eigenvalue weighted by Gasteiger charge is 2.31. The van der Waals surface area contributed by atoms with Gasteiger partial charge in [0, 0.05) is 26.4 Å². The number of carbonyl (C=O) groups excluding carboxylic acids is 3. The monoisotopic (exact) mass is 481 g/mol. The Labute approximate surface area is 204 Å². The number of rotatable bonds is 11. The molecular weight excluding hydrogens is 450 g/mol. The number of fused-ring (bicyclic) bond motifs is 3. The van der Waals surface area contributed by atoms with Crippen LogP contribution in [0.25, 0.3) is 11.1 Å². The first-order valence-corrected chi connectivity index (χ1v) is 11.6. The highest BCUT2D eigenvalue weighted by atomic mass is 16.6. The molecule has 3 N–H and O–H groups in total. The first-order valence-electron chi connectivity index (χ1n) is 11.6. The quantitative estimate of drug-likeness (QED) is 0.424. The Kier molecular flexibility index (Phi) is 8.83. The molecule has 1 atom stereocenters. The standard InChI is InChI=1S/C26H31N3O6/c1-17(30)28-15-24(31)27-14-8-7-13-23(25(32)33)29(2)26(34)35-16-22-20-11-5-3-9-18(20)19-10-4-6-12-21(19)22/h3-6,9-12,22-23H,7-8,13-16H2,1-2H3,(H,27,31)(H,28,30)(H,32,33). The normalized spacial score (nSPS) is 12.7. The van der Waals surface area contributed by atoms with Crippen LogP contribution in [0, 0.1) is 0 Å². The molecule has 9 nitrogen and oxygen atoms in total. The van der Waals surface area contributed by atoms with Crippen LogP contribution in [-0.2, 0) is 19.1 Å². The van der Waals surface area contributed by atoms with Crippen molar-refractivity contribution in [3.8, 4) is 11.1 Å². The average molecular weight is 482 g/mol.